The molecule has 0 saturated heterocycles. The summed E-state index contributed by atoms with van der Waals surface area (Å²) in [6, 6.07) is 64.7. The van der Waals surface area contributed by atoms with E-state index in [0.717, 1.165) is 72.9 Å². The van der Waals surface area contributed by atoms with Gasteiger partial charge in [-0.15, -0.1) is 11.3 Å². The Hall–Kier alpha value is -7.21. The second-order valence-electron chi connectivity index (χ2n) is 13.8. The number of hydrogen-bond donors (Lipinski definition) is 2. The quantitative estimate of drug-likeness (QED) is 0.160. The van der Waals surface area contributed by atoms with Gasteiger partial charge >= 0.3 is 0 Å². The van der Waals surface area contributed by atoms with Crippen LogP contribution >= 0.6 is 11.3 Å². The second-order valence-corrected chi connectivity index (χ2v) is 14.9. The third kappa shape index (κ3) is 6.20. The average Bonchev–Trinajstić information content (AvgIpc) is 3.65. The zero-order chi connectivity index (χ0) is 37.4. The molecule has 5 heteroatoms. The van der Waals surface area contributed by atoms with Crippen LogP contribution in [0.2, 0.25) is 0 Å². The van der Waals surface area contributed by atoms with Crippen LogP contribution in [0, 0.1) is 5.41 Å². The molecule has 1 aliphatic heterocycles. The largest absolute Gasteiger partial charge is 0.354 e. The summed E-state index contributed by atoms with van der Waals surface area (Å²) < 4.78 is 2.54. The number of allylic oxidation sites excluding steroid dienone is 1. The van der Waals surface area contributed by atoms with Gasteiger partial charge in [0.15, 0.2) is 5.82 Å². The molecule has 2 aromatic heterocycles. The fourth-order valence-electron chi connectivity index (χ4n) is 7.56. The highest BCUT2D eigenvalue weighted by Gasteiger charge is 2.24. The number of fused-ring (bicyclic) bond motifs is 4. The maximum Gasteiger partial charge on any atom is 0.160 e. The Balaban J connectivity index is 1.11. The molecule has 0 fully saturated rings. The fraction of sp³-hybridized carbons (Fsp3) is 0. The van der Waals surface area contributed by atoms with Crippen LogP contribution in [0.15, 0.2) is 188 Å². The van der Waals surface area contributed by atoms with Gasteiger partial charge in [-0.05, 0) is 53.1 Å². The van der Waals surface area contributed by atoms with Crippen LogP contribution in [0.25, 0.3) is 77.1 Å². The summed E-state index contributed by atoms with van der Waals surface area (Å²) in [7, 11) is 0. The van der Waals surface area contributed by atoms with Crippen molar-refractivity contribution < 1.29 is 0 Å². The van der Waals surface area contributed by atoms with E-state index in [1.165, 1.54) is 20.2 Å². The summed E-state index contributed by atoms with van der Waals surface area (Å²) in [5.74, 6) is 0.655. The number of aromatic nitrogens is 2. The number of thiophene rings is 1. The first kappa shape index (κ1) is 33.4. The third-order valence-electron chi connectivity index (χ3n) is 10.3. The molecule has 10 rings (SSSR count). The van der Waals surface area contributed by atoms with Crippen molar-refractivity contribution in [1.29, 1.82) is 5.41 Å². The van der Waals surface area contributed by atoms with Crippen molar-refractivity contribution in [1.82, 2.24) is 15.3 Å². The number of hydrogen-bond acceptors (Lipinski definition) is 5. The Bertz CT molecular complexity index is 3000. The van der Waals surface area contributed by atoms with Crippen LogP contribution < -0.4 is 5.32 Å². The molecule has 0 unspecified atom stereocenters. The predicted molar refractivity (Wildman–Crippen MR) is 235 cm³/mol. The van der Waals surface area contributed by atoms with E-state index in [1.807, 2.05) is 78.1 Å². The smallest absolute Gasteiger partial charge is 0.160 e. The Kier molecular flexibility index (Phi) is 8.47. The molecule has 4 nitrogen and oxygen atoms in total. The van der Waals surface area contributed by atoms with E-state index < -0.39 is 0 Å². The number of nitrogens with zero attached hydrogens (tertiary/aromatic N) is 2. The Morgan fingerprint density at radius 1 is 0.482 bits per heavy atom. The maximum atomic E-state index is 9.54. The zero-order valence-corrected chi connectivity index (χ0v) is 31.1. The van der Waals surface area contributed by atoms with Crippen LogP contribution in [0.5, 0.6) is 0 Å². The Morgan fingerprint density at radius 3 is 1.91 bits per heavy atom. The van der Waals surface area contributed by atoms with E-state index in [-0.39, 0.29) is 0 Å². The van der Waals surface area contributed by atoms with Gasteiger partial charge in [-0.2, -0.15) is 0 Å². The lowest BCUT2D eigenvalue weighted by Crippen LogP contribution is -2.20. The average molecular weight is 735 g/mol. The van der Waals surface area contributed by atoms with Gasteiger partial charge in [0.1, 0.15) is 0 Å². The highest BCUT2D eigenvalue weighted by molar-refractivity contribution is 7.25. The van der Waals surface area contributed by atoms with Gasteiger partial charge in [0.05, 0.1) is 22.8 Å². The first-order valence-corrected chi connectivity index (χ1v) is 19.5. The van der Waals surface area contributed by atoms with Crippen molar-refractivity contribution in [3.8, 4) is 33.9 Å². The second kappa shape index (κ2) is 14.2. The summed E-state index contributed by atoms with van der Waals surface area (Å²) in [5, 5.41) is 15.9. The summed E-state index contributed by atoms with van der Waals surface area (Å²) >= 11 is 1.82. The topological polar surface area (TPSA) is 61.7 Å². The molecule has 0 spiro atoms. The van der Waals surface area contributed by atoms with E-state index in [9.17, 15) is 5.41 Å². The monoisotopic (exact) mass is 734 g/mol. The molecule has 1 aliphatic rings. The summed E-state index contributed by atoms with van der Waals surface area (Å²) in [4.78, 5) is 10.4. The van der Waals surface area contributed by atoms with Gasteiger partial charge in [-0.25, -0.2) is 9.97 Å². The molecule has 264 valence electrons. The molecule has 7 aromatic carbocycles. The molecular formula is C51H34N4S. The van der Waals surface area contributed by atoms with E-state index >= 15 is 0 Å². The van der Waals surface area contributed by atoms with E-state index in [2.05, 4.69) is 133 Å². The third-order valence-corrected chi connectivity index (χ3v) is 11.5. The van der Waals surface area contributed by atoms with Crippen LogP contribution in [0.3, 0.4) is 0 Å². The van der Waals surface area contributed by atoms with Crippen molar-refractivity contribution in [2.24, 2.45) is 0 Å². The summed E-state index contributed by atoms with van der Waals surface area (Å²) in [5.41, 5.74) is 12.8. The van der Waals surface area contributed by atoms with E-state index in [0.29, 0.717) is 11.5 Å². The zero-order valence-electron chi connectivity index (χ0n) is 30.3. The van der Waals surface area contributed by atoms with E-state index in [4.69, 9.17) is 9.97 Å². The van der Waals surface area contributed by atoms with Crippen molar-refractivity contribution in [2.75, 3.05) is 0 Å². The lowest BCUT2D eigenvalue weighted by atomic mass is 9.88. The predicted octanol–water partition coefficient (Wildman–Crippen LogP) is 12.9. The lowest BCUT2D eigenvalue weighted by molar-refractivity contribution is 1.18. The minimum Gasteiger partial charge on any atom is -0.354 e. The van der Waals surface area contributed by atoms with Crippen molar-refractivity contribution in [3.05, 3.63) is 216 Å². The molecular weight excluding hydrogens is 701 g/mol. The van der Waals surface area contributed by atoms with Crippen molar-refractivity contribution in [2.45, 2.75) is 0 Å². The van der Waals surface area contributed by atoms with E-state index in [1.54, 1.807) is 0 Å². The SMILES string of the molecule is N=C(/C(=C1\NC(c2cccc(-c3nc(-c4ccccc4)cc(-c4ccc5sc6ccccc6c5c4)n3)c2)=Cc2ccccc21)c1ccccc1)c1ccccc1. The summed E-state index contributed by atoms with van der Waals surface area (Å²) in [6.45, 7) is 0. The van der Waals surface area contributed by atoms with Gasteiger partial charge in [0.25, 0.3) is 0 Å². The minimum absolute atomic E-state index is 0.455. The Morgan fingerprint density at radius 2 is 1.11 bits per heavy atom. The highest BCUT2D eigenvalue weighted by Crippen LogP contribution is 2.39. The summed E-state index contributed by atoms with van der Waals surface area (Å²) in [6.07, 6.45) is 2.19. The number of benzene rings is 7. The standard InChI is InChI=1S/C51H34N4S/c52-49(35-19-8-3-9-20-35)48(34-17-6-2-7-18-34)50-40-24-11-10-21-36(40)31-43(53-50)37-22-14-23-39(29-37)51-54-44(33-15-4-1-5-16-33)32-45(55-51)38-27-28-47-42(30-38)41-25-12-13-26-46(41)56-47/h1-32,52-53H/b50-48-,52-49?. The number of nitrogens with one attached hydrogen (secondary N) is 2. The molecule has 9 aromatic rings. The first-order valence-electron chi connectivity index (χ1n) is 18.7. The van der Waals surface area contributed by atoms with Crippen molar-refractivity contribution >= 4 is 60.3 Å². The molecule has 0 atom stereocenters. The van der Waals surface area contributed by atoms with Gasteiger partial charge in [0, 0.05) is 59.3 Å². The Labute approximate surface area is 329 Å². The molecule has 0 saturated carbocycles. The lowest BCUT2D eigenvalue weighted by Gasteiger charge is -2.26. The highest BCUT2D eigenvalue weighted by atomic mass is 32.1. The van der Waals surface area contributed by atoms with Crippen molar-refractivity contribution in [3.63, 3.8) is 0 Å². The first-order chi connectivity index (χ1) is 27.7. The molecule has 0 aliphatic carbocycles. The van der Waals surface area contributed by atoms with Crippen LogP contribution in [-0.2, 0) is 0 Å². The molecule has 0 radical (unpaired) electrons. The number of rotatable bonds is 7. The molecule has 0 bridgehead atoms. The van der Waals surface area contributed by atoms with Crippen LogP contribution in [0.4, 0.5) is 0 Å². The van der Waals surface area contributed by atoms with Gasteiger partial charge < -0.3 is 5.32 Å². The molecule has 3 heterocycles. The van der Waals surface area contributed by atoms with Gasteiger partial charge in [-0.3, -0.25) is 5.41 Å². The molecule has 0 amide bonds. The van der Waals surface area contributed by atoms with Crippen LogP contribution in [-0.4, -0.2) is 15.7 Å². The molecule has 56 heavy (non-hydrogen) atoms. The van der Waals surface area contributed by atoms with Gasteiger partial charge in [-0.1, -0.05) is 158 Å². The van der Waals surface area contributed by atoms with Gasteiger partial charge in [0.2, 0.25) is 0 Å². The maximum absolute atomic E-state index is 9.54. The van der Waals surface area contributed by atoms with Crippen LogP contribution in [0.1, 0.15) is 27.8 Å². The normalized spacial score (nSPS) is 13.2. The minimum atomic E-state index is 0.455. The molecule has 2 N–H and O–H groups in total. The fourth-order valence-corrected chi connectivity index (χ4v) is 8.64.